The van der Waals surface area contributed by atoms with Crippen LogP contribution in [-0.2, 0) is 25.7 Å². The minimum Gasteiger partial charge on any atom is -0.459 e. The average Bonchev–Trinajstić information content (AvgIpc) is 2.70. The molecule has 1 fully saturated rings. The number of ether oxygens (including phenoxy) is 1. The zero-order valence-electron chi connectivity index (χ0n) is 16.0. The molecular weight excluding hydrogens is 344 g/mol. The smallest absolute Gasteiger partial charge is 0.329 e. The molecule has 27 heavy (non-hydrogen) atoms. The van der Waals surface area contributed by atoms with Crippen molar-refractivity contribution in [3.8, 4) is 0 Å². The van der Waals surface area contributed by atoms with Gasteiger partial charge in [0.25, 0.3) is 0 Å². The van der Waals surface area contributed by atoms with E-state index in [9.17, 15) is 14.4 Å². The number of benzene rings is 1. The lowest BCUT2D eigenvalue weighted by atomic mass is 9.94. The molecule has 0 saturated carbocycles. The molecule has 1 aromatic carbocycles. The van der Waals surface area contributed by atoms with Gasteiger partial charge in [-0.25, -0.2) is 4.79 Å². The Balaban J connectivity index is 1.87. The van der Waals surface area contributed by atoms with Crippen LogP contribution in [0.1, 0.15) is 32.3 Å². The van der Waals surface area contributed by atoms with E-state index in [0.29, 0.717) is 25.9 Å². The molecule has 2 amide bonds. The van der Waals surface area contributed by atoms with Gasteiger partial charge in [-0.15, -0.1) is 0 Å². The molecule has 1 atom stereocenters. The Hall–Kier alpha value is -2.63. The van der Waals surface area contributed by atoms with Gasteiger partial charge in [0.1, 0.15) is 12.6 Å². The zero-order valence-corrected chi connectivity index (χ0v) is 16.0. The van der Waals surface area contributed by atoms with Crippen molar-refractivity contribution < 1.29 is 19.1 Å². The van der Waals surface area contributed by atoms with Gasteiger partial charge < -0.3 is 15.0 Å². The van der Waals surface area contributed by atoms with Crippen LogP contribution in [0.25, 0.3) is 0 Å². The van der Waals surface area contributed by atoms with E-state index in [1.165, 1.54) is 6.08 Å². The molecule has 0 aromatic heterocycles. The van der Waals surface area contributed by atoms with Crippen LogP contribution >= 0.6 is 0 Å². The third kappa shape index (κ3) is 5.94. The fraction of sp³-hybridized carbons (Fsp3) is 0.476. The number of likely N-dealkylation sites (tertiary alicyclic amines) is 1. The van der Waals surface area contributed by atoms with Gasteiger partial charge in [-0.2, -0.15) is 0 Å². The topological polar surface area (TPSA) is 75.7 Å². The van der Waals surface area contributed by atoms with E-state index in [1.807, 2.05) is 44.2 Å². The van der Waals surface area contributed by atoms with Gasteiger partial charge in [-0.3, -0.25) is 9.59 Å². The lowest BCUT2D eigenvalue weighted by Crippen LogP contribution is -2.49. The number of amides is 2. The molecule has 0 spiro atoms. The largest absolute Gasteiger partial charge is 0.459 e. The second kappa shape index (κ2) is 9.90. The Morgan fingerprint density at radius 3 is 2.41 bits per heavy atom. The third-order valence-corrected chi connectivity index (χ3v) is 4.79. The molecule has 6 nitrogen and oxygen atoms in total. The minimum absolute atomic E-state index is 0.0837. The summed E-state index contributed by atoms with van der Waals surface area (Å²) >= 11 is 0. The lowest BCUT2D eigenvalue weighted by Gasteiger charge is -2.31. The molecule has 0 aliphatic carbocycles. The number of esters is 1. The number of carbonyl (C=O) groups excluding carboxylic acids is 3. The van der Waals surface area contributed by atoms with Crippen molar-refractivity contribution >= 4 is 17.8 Å². The van der Waals surface area contributed by atoms with Crippen molar-refractivity contribution in [1.29, 1.82) is 0 Å². The van der Waals surface area contributed by atoms with E-state index >= 15 is 0 Å². The molecule has 0 unspecified atom stereocenters. The van der Waals surface area contributed by atoms with Crippen molar-refractivity contribution in [3.63, 3.8) is 0 Å². The van der Waals surface area contributed by atoms with Crippen molar-refractivity contribution in [3.05, 3.63) is 48.6 Å². The number of nitrogens with one attached hydrogen (secondary N) is 1. The molecule has 2 rings (SSSR count). The molecule has 1 aliphatic rings. The molecule has 146 valence electrons. The Kier molecular flexibility index (Phi) is 7.58. The molecule has 6 heteroatoms. The maximum absolute atomic E-state index is 12.6. The first-order chi connectivity index (χ1) is 12.9. The predicted octanol–water partition coefficient (Wildman–Crippen LogP) is 2.30. The summed E-state index contributed by atoms with van der Waals surface area (Å²) in [6.45, 7) is 8.46. The van der Waals surface area contributed by atoms with Gasteiger partial charge in [-0.1, -0.05) is 50.8 Å². The summed E-state index contributed by atoms with van der Waals surface area (Å²) in [5.74, 6) is -0.988. The van der Waals surface area contributed by atoms with Gasteiger partial charge in [0.2, 0.25) is 11.8 Å². The molecule has 1 N–H and O–H groups in total. The van der Waals surface area contributed by atoms with Crippen LogP contribution in [0, 0.1) is 11.8 Å². The molecule has 0 bridgehead atoms. The van der Waals surface area contributed by atoms with Gasteiger partial charge in [0, 0.05) is 19.0 Å². The maximum Gasteiger partial charge on any atom is 0.329 e. The second-order valence-electron chi connectivity index (χ2n) is 7.13. The Bertz CT molecular complexity index is 664. The van der Waals surface area contributed by atoms with Crippen LogP contribution in [0.3, 0.4) is 0 Å². The van der Waals surface area contributed by atoms with Gasteiger partial charge in [0.05, 0.1) is 0 Å². The fourth-order valence-electron chi connectivity index (χ4n) is 3.08. The number of rotatable bonds is 7. The molecule has 1 saturated heterocycles. The highest BCUT2D eigenvalue weighted by molar-refractivity contribution is 5.88. The highest BCUT2D eigenvalue weighted by atomic mass is 16.5. The molecule has 1 aromatic rings. The van der Waals surface area contributed by atoms with E-state index in [2.05, 4.69) is 11.9 Å². The monoisotopic (exact) mass is 372 g/mol. The van der Waals surface area contributed by atoms with Crippen LogP contribution in [0.15, 0.2) is 43.0 Å². The highest BCUT2D eigenvalue weighted by Gasteiger charge is 2.31. The first kappa shape index (κ1) is 20.7. The number of nitrogens with zero attached hydrogens (tertiary/aromatic N) is 1. The van der Waals surface area contributed by atoms with Gasteiger partial charge in [-0.05, 0) is 30.4 Å². The van der Waals surface area contributed by atoms with Crippen molar-refractivity contribution in [2.24, 2.45) is 11.8 Å². The molecular formula is C21H28N2O4. The Morgan fingerprint density at radius 1 is 1.22 bits per heavy atom. The van der Waals surface area contributed by atoms with E-state index in [-0.39, 0.29) is 30.3 Å². The van der Waals surface area contributed by atoms with Crippen molar-refractivity contribution in [2.75, 3.05) is 13.1 Å². The van der Waals surface area contributed by atoms with E-state index in [1.54, 1.807) is 4.90 Å². The van der Waals surface area contributed by atoms with E-state index in [4.69, 9.17) is 4.74 Å². The second-order valence-corrected chi connectivity index (χ2v) is 7.13. The molecule has 1 aliphatic heterocycles. The summed E-state index contributed by atoms with van der Waals surface area (Å²) in [5, 5.41) is 2.84. The molecule has 0 radical (unpaired) electrons. The number of carbonyl (C=O) groups is 3. The van der Waals surface area contributed by atoms with Crippen LogP contribution in [0.2, 0.25) is 0 Å². The zero-order chi connectivity index (χ0) is 19.8. The summed E-state index contributed by atoms with van der Waals surface area (Å²) in [6, 6.07) is 8.75. The Labute approximate surface area is 160 Å². The quantitative estimate of drug-likeness (QED) is 0.589. The van der Waals surface area contributed by atoms with Crippen LogP contribution in [-0.4, -0.2) is 41.8 Å². The third-order valence-electron chi connectivity index (χ3n) is 4.79. The summed E-state index contributed by atoms with van der Waals surface area (Å²) < 4.78 is 5.39. The fourth-order valence-corrected chi connectivity index (χ4v) is 3.08. The predicted molar refractivity (Wildman–Crippen MR) is 103 cm³/mol. The van der Waals surface area contributed by atoms with E-state index < -0.39 is 12.0 Å². The SMILES string of the molecule is C=CC(=O)N1CCC(C(=O)N[C@H](C(=O)OCc2ccccc2)C(C)C)CC1. The standard InChI is InChI=1S/C21H28N2O4/c1-4-18(24)23-12-10-17(11-13-23)20(25)22-19(15(2)3)21(26)27-14-16-8-6-5-7-9-16/h4-9,15,17,19H,1,10-14H2,2-3H3,(H,22,25)/t19-/m0/s1. The van der Waals surface area contributed by atoms with Crippen LogP contribution in [0.4, 0.5) is 0 Å². The number of hydrogen-bond donors (Lipinski definition) is 1. The molecule has 1 heterocycles. The Morgan fingerprint density at radius 2 is 1.85 bits per heavy atom. The van der Waals surface area contributed by atoms with Gasteiger partial charge in [0.15, 0.2) is 0 Å². The van der Waals surface area contributed by atoms with Crippen molar-refractivity contribution in [2.45, 2.75) is 39.3 Å². The number of hydrogen-bond acceptors (Lipinski definition) is 4. The van der Waals surface area contributed by atoms with Crippen LogP contribution < -0.4 is 5.32 Å². The first-order valence-corrected chi connectivity index (χ1v) is 9.34. The van der Waals surface area contributed by atoms with Crippen LogP contribution in [0.5, 0.6) is 0 Å². The average molecular weight is 372 g/mol. The maximum atomic E-state index is 12.6. The summed E-state index contributed by atoms with van der Waals surface area (Å²) in [6.07, 6.45) is 2.45. The number of piperidine rings is 1. The minimum atomic E-state index is -0.686. The van der Waals surface area contributed by atoms with Crippen molar-refractivity contribution in [1.82, 2.24) is 10.2 Å². The normalized spacial score (nSPS) is 15.9. The lowest BCUT2D eigenvalue weighted by molar-refractivity contribution is -0.151. The highest BCUT2D eigenvalue weighted by Crippen LogP contribution is 2.19. The van der Waals surface area contributed by atoms with E-state index in [0.717, 1.165) is 5.56 Å². The van der Waals surface area contributed by atoms with Gasteiger partial charge >= 0.3 is 5.97 Å². The summed E-state index contributed by atoms with van der Waals surface area (Å²) in [5.41, 5.74) is 0.902. The first-order valence-electron chi connectivity index (χ1n) is 9.34. The summed E-state index contributed by atoms with van der Waals surface area (Å²) in [4.78, 5) is 38.4. The summed E-state index contributed by atoms with van der Waals surface area (Å²) in [7, 11) is 0.